The van der Waals surface area contributed by atoms with E-state index in [1.54, 1.807) is 11.3 Å². The normalized spacial score (nSPS) is 24.1. The van der Waals surface area contributed by atoms with Crippen LogP contribution in [-0.2, 0) is 0 Å². The van der Waals surface area contributed by atoms with Gasteiger partial charge in [-0.1, -0.05) is 31.2 Å². The van der Waals surface area contributed by atoms with Crippen LogP contribution < -0.4 is 5.32 Å². The Bertz CT molecular complexity index is 482. The molecule has 0 saturated carbocycles. The van der Waals surface area contributed by atoms with Crippen molar-refractivity contribution in [3.8, 4) is 10.4 Å². The maximum absolute atomic E-state index is 4.13. The van der Waals surface area contributed by atoms with Crippen molar-refractivity contribution in [2.45, 2.75) is 25.8 Å². The third kappa shape index (κ3) is 2.47. The van der Waals surface area contributed by atoms with E-state index in [1.165, 1.54) is 28.8 Å². The highest BCUT2D eigenvalue weighted by Gasteiger charge is 2.18. The first-order valence-electron chi connectivity index (χ1n) is 6.55. The molecule has 1 aliphatic rings. The van der Waals surface area contributed by atoms with Crippen LogP contribution in [0.3, 0.4) is 0 Å². The Morgan fingerprint density at radius 1 is 1.22 bits per heavy atom. The van der Waals surface area contributed by atoms with Gasteiger partial charge >= 0.3 is 0 Å². The highest BCUT2D eigenvalue weighted by atomic mass is 32.1. The zero-order chi connectivity index (χ0) is 12.4. The van der Waals surface area contributed by atoms with Crippen molar-refractivity contribution in [3.63, 3.8) is 0 Å². The van der Waals surface area contributed by atoms with Crippen molar-refractivity contribution in [2.24, 2.45) is 5.92 Å². The number of thiazole rings is 1. The first kappa shape index (κ1) is 11.9. The standard InChI is InChI=1S/C15H18N2S/c1-11-2-7-14(17-8-11)12-3-5-13(6-4-12)15-9-16-10-18-15/h3-6,9-11,14,17H,2,7-8H2,1H3. The van der Waals surface area contributed by atoms with E-state index in [9.17, 15) is 0 Å². The van der Waals surface area contributed by atoms with Crippen LogP contribution in [0.5, 0.6) is 0 Å². The Balaban J connectivity index is 1.75. The molecule has 0 spiro atoms. The van der Waals surface area contributed by atoms with Gasteiger partial charge < -0.3 is 5.32 Å². The van der Waals surface area contributed by atoms with Crippen LogP contribution in [0.2, 0.25) is 0 Å². The Morgan fingerprint density at radius 2 is 2.06 bits per heavy atom. The van der Waals surface area contributed by atoms with Gasteiger partial charge in [0.05, 0.1) is 10.4 Å². The Morgan fingerprint density at radius 3 is 2.67 bits per heavy atom. The number of hydrogen-bond acceptors (Lipinski definition) is 3. The van der Waals surface area contributed by atoms with Gasteiger partial charge in [0.1, 0.15) is 0 Å². The molecule has 0 bridgehead atoms. The van der Waals surface area contributed by atoms with E-state index >= 15 is 0 Å². The second-order valence-electron chi connectivity index (χ2n) is 5.13. The smallest absolute Gasteiger partial charge is 0.0797 e. The van der Waals surface area contributed by atoms with Crippen LogP contribution in [0.15, 0.2) is 36.0 Å². The van der Waals surface area contributed by atoms with E-state index in [4.69, 9.17) is 0 Å². The van der Waals surface area contributed by atoms with Crippen LogP contribution in [0, 0.1) is 5.92 Å². The lowest BCUT2D eigenvalue weighted by Crippen LogP contribution is -2.31. The number of rotatable bonds is 2. The topological polar surface area (TPSA) is 24.9 Å². The second-order valence-corrected chi connectivity index (χ2v) is 6.02. The quantitative estimate of drug-likeness (QED) is 0.884. The highest BCUT2D eigenvalue weighted by molar-refractivity contribution is 7.13. The molecule has 1 N–H and O–H groups in total. The number of benzene rings is 1. The third-order valence-electron chi connectivity index (χ3n) is 3.69. The van der Waals surface area contributed by atoms with E-state index in [-0.39, 0.29) is 0 Å². The molecule has 1 aromatic carbocycles. The second kappa shape index (κ2) is 5.21. The van der Waals surface area contributed by atoms with Crippen LogP contribution in [0.25, 0.3) is 10.4 Å². The van der Waals surface area contributed by atoms with E-state index in [0.29, 0.717) is 6.04 Å². The number of hydrogen-bond donors (Lipinski definition) is 1. The van der Waals surface area contributed by atoms with Crippen molar-refractivity contribution in [1.82, 2.24) is 10.3 Å². The summed E-state index contributed by atoms with van der Waals surface area (Å²) in [6.45, 7) is 3.46. The van der Waals surface area contributed by atoms with Gasteiger partial charge in [-0.3, -0.25) is 4.98 Å². The maximum atomic E-state index is 4.13. The van der Waals surface area contributed by atoms with Gasteiger partial charge in [0.15, 0.2) is 0 Å². The molecule has 94 valence electrons. The molecule has 1 aliphatic heterocycles. The molecule has 3 heteroatoms. The lowest BCUT2D eigenvalue weighted by atomic mass is 9.92. The third-order valence-corrected chi connectivity index (χ3v) is 4.51. The lowest BCUT2D eigenvalue weighted by molar-refractivity contribution is 0.333. The van der Waals surface area contributed by atoms with E-state index in [2.05, 4.69) is 41.5 Å². The molecular weight excluding hydrogens is 240 g/mol. The maximum Gasteiger partial charge on any atom is 0.0797 e. The monoisotopic (exact) mass is 258 g/mol. The fourth-order valence-electron chi connectivity index (χ4n) is 2.52. The predicted octanol–water partition coefficient (Wildman–Crippen LogP) is 3.87. The van der Waals surface area contributed by atoms with Crippen LogP contribution in [0.4, 0.5) is 0 Å². The van der Waals surface area contributed by atoms with E-state index in [0.717, 1.165) is 12.5 Å². The van der Waals surface area contributed by atoms with Crippen molar-refractivity contribution >= 4 is 11.3 Å². The minimum Gasteiger partial charge on any atom is -0.310 e. The minimum absolute atomic E-state index is 0.539. The first-order chi connectivity index (χ1) is 8.83. The number of nitrogens with zero attached hydrogens (tertiary/aromatic N) is 1. The molecule has 1 aromatic heterocycles. The summed E-state index contributed by atoms with van der Waals surface area (Å²) in [5.74, 6) is 0.817. The average Bonchev–Trinajstić information content (AvgIpc) is 2.94. The van der Waals surface area contributed by atoms with Crippen LogP contribution in [0.1, 0.15) is 31.4 Å². The predicted molar refractivity (Wildman–Crippen MR) is 76.7 cm³/mol. The zero-order valence-electron chi connectivity index (χ0n) is 10.6. The summed E-state index contributed by atoms with van der Waals surface area (Å²) in [6.07, 6.45) is 4.51. The number of piperidine rings is 1. The summed E-state index contributed by atoms with van der Waals surface area (Å²) in [5, 5.41) is 3.63. The van der Waals surface area contributed by atoms with E-state index in [1.807, 2.05) is 11.7 Å². The molecule has 0 radical (unpaired) electrons. The molecule has 2 unspecified atom stereocenters. The fraction of sp³-hybridized carbons (Fsp3) is 0.400. The van der Waals surface area contributed by atoms with E-state index < -0.39 is 0 Å². The van der Waals surface area contributed by atoms with Crippen molar-refractivity contribution in [3.05, 3.63) is 41.5 Å². The van der Waals surface area contributed by atoms with Crippen molar-refractivity contribution < 1.29 is 0 Å². The average molecular weight is 258 g/mol. The van der Waals surface area contributed by atoms with Gasteiger partial charge in [-0.15, -0.1) is 11.3 Å². The molecular formula is C15H18N2S. The molecule has 1 fully saturated rings. The largest absolute Gasteiger partial charge is 0.310 e. The van der Waals surface area contributed by atoms with Gasteiger partial charge in [0.2, 0.25) is 0 Å². The summed E-state index contributed by atoms with van der Waals surface area (Å²) in [6, 6.07) is 9.47. The molecule has 1 saturated heterocycles. The van der Waals surface area contributed by atoms with Gasteiger partial charge in [-0.05, 0) is 36.4 Å². The zero-order valence-corrected chi connectivity index (χ0v) is 11.4. The Kier molecular flexibility index (Phi) is 3.43. The van der Waals surface area contributed by atoms with Gasteiger partial charge in [0, 0.05) is 12.2 Å². The summed E-state index contributed by atoms with van der Waals surface area (Å²) in [7, 11) is 0. The van der Waals surface area contributed by atoms with Crippen LogP contribution >= 0.6 is 11.3 Å². The van der Waals surface area contributed by atoms with Crippen molar-refractivity contribution in [2.75, 3.05) is 6.54 Å². The molecule has 3 rings (SSSR count). The molecule has 2 nitrogen and oxygen atoms in total. The summed E-state index contributed by atoms with van der Waals surface area (Å²) in [4.78, 5) is 5.37. The first-order valence-corrected chi connectivity index (χ1v) is 7.43. The molecule has 2 heterocycles. The molecule has 18 heavy (non-hydrogen) atoms. The molecule has 0 amide bonds. The summed E-state index contributed by atoms with van der Waals surface area (Å²) >= 11 is 1.69. The van der Waals surface area contributed by atoms with Gasteiger partial charge in [-0.2, -0.15) is 0 Å². The number of nitrogens with one attached hydrogen (secondary N) is 1. The van der Waals surface area contributed by atoms with Crippen LogP contribution in [-0.4, -0.2) is 11.5 Å². The molecule has 2 atom stereocenters. The lowest BCUT2D eigenvalue weighted by Gasteiger charge is -2.28. The van der Waals surface area contributed by atoms with Crippen molar-refractivity contribution in [1.29, 1.82) is 0 Å². The van der Waals surface area contributed by atoms with Gasteiger partial charge in [-0.25, -0.2) is 0 Å². The SMILES string of the molecule is CC1CCC(c2ccc(-c3cncs3)cc2)NC1. The minimum atomic E-state index is 0.539. The van der Waals surface area contributed by atoms with Gasteiger partial charge in [0.25, 0.3) is 0 Å². The Hall–Kier alpha value is -1.19. The highest BCUT2D eigenvalue weighted by Crippen LogP contribution is 2.28. The molecule has 2 aromatic rings. The number of aromatic nitrogens is 1. The summed E-state index contributed by atoms with van der Waals surface area (Å²) in [5.41, 5.74) is 4.56. The fourth-order valence-corrected chi connectivity index (χ4v) is 3.15. The Labute approximate surface area is 112 Å². The summed E-state index contributed by atoms with van der Waals surface area (Å²) < 4.78 is 0. The molecule has 0 aliphatic carbocycles.